The maximum Gasteiger partial charge on any atom is 0.419 e. The van der Waals surface area contributed by atoms with Gasteiger partial charge in [0.05, 0.1) is 24.8 Å². The molecule has 1 atom stereocenters. The summed E-state index contributed by atoms with van der Waals surface area (Å²) in [6.07, 6.45) is -4.42. The molecule has 4 aromatic rings. The Morgan fingerprint density at radius 1 is 1.08 bits per heavy atom. The summed E-state index contributed by atoms with van der Waals surface area (Å²) in [6, 6.07) is 13.5. The normalized spacial score (nSPS) is 16.6. The number of pyridine rings is 1. The molecule has 1 saturated heterocycles. The second kappa shape index (κ2) is 9.05. The van der Waals surface area contributed by atoms with E-state index in [1.807, 2.05) is 30.3 Å². The fraction of sp³-hybridized carbons (Fsp3) is 0.280. The van der Waals surface area contributed by atoms with Gasteiger partial charge in [0.2, 0.25) is 0 Å². The van der Waals surface area contributed by atoms with Gasteiger partial charge < -0.3 is 14.7 Å². The van der Waals surface area contributed by atoms with E-state index in [2.05, 4.69) is 15.0 Å². The summed E-state index contributed by atoms with van der Waals surface area (Å²) in [5, 5.41) is 14.1. The quantitative estimate of drug-likeness (QED) is 0.393. The monoisotopic (exact) mass is 504 g/mol. The van der Waals surface area contributed by atoms with Crippen molar-refractivity contribution in [3.8, 4) is 17.0 Å². The lowest BCUT2D eigenvalue weighted by Gasteiger charge is -2.36. The number of phenolic OH excluding ortho intramolecular Hbond substituents is 1. The van der Waals surface area contributed by atoms with Crippen molar-refractivity contribution in [2.45, 2.75) is 18.6 Å². The van der Waals surface area contributed by atoms with E-state index in [1.54, 1.807) is 12.1 Å². The zero-order valence-corrected chi connectivity index (χ0v) is 19.1. The van der Waals surface area contributed by atoms with Crippen LogP contribution in [0.3, 0.4) is 0 Å². The summed E-state index contributed by atoms with van der Waals surface area (Å²) in [7, 11) is 1.52. The van der Waals surface area contributed by atoms with Crippen molar-refractivity contribution in [3.63, 3.8) is 0 Å². The molecular formula is C25H21F5N4O2. The lowest BCUT2D eigenvalue weighted by atomic mass is 10.0. The number of hydrogen-bond donors (Lipinski definition) is 1. The van der Waals surface area contributed by atoms with Crippen LogP contribution in [0.1, 0.15) is 11.1 Å². The van der Waals surface area contributed by atoms with Crippen LogP contribution in [-0.4, -0.2) is 45.7 Å². The molecule has 1 aliphatic heterocycles. The minimum Gasteiger partial charge on any atom is -0.503 e. The van der Waals surface area contributed by atoms with Crippen molar-refractivity contribution in [2.75, 3.05) is 24.7 Å². The van der Waals surface area contributed by atoms with Gasteiger partial charge in [-0.25, -0.2) is 18.4 Å². The van der Waals surface area contributed by atoms with Crippen LogP contribution < -0.4 is 4.90 Å². The largest absolute Gasteiger partial charge is 0.503 e. The van der Waals surface area contributed by atoms with E-state index in [1.165, 1.54) is 11.7 Å². The fourth-order valence-electron chi connectivity index (χ4n) is 4.49. The Labute approximate surface area is 202 Å². The Bertz CT molecular complexity index is 1420. The number of aromatic hydroxyl groups is 1. The number of anilines is 1. The van der Waals surface area contributed by atoms with Crippen molar-refractivity contribution in [1.82, 2.24) is 14.8 Å². The molecule has 0 amide bonds. The Morgan fingerprint density at radius 2 is 1.83 bits per heavy atom. The van der Waals surface area contributed by atoms with Gasteiger partial charge in [-0.1, -0.05) is 30.3 Å². The van der Waals surface area contributed by atoms with E-state index in [0.29, 0.717) is 37.3 Å². The van der Waals surface area contributed by atoms with Crippen LogP contribution in [0.25, 0.3) is 22.3 Å². The lowest BCUT2D eigenvalue weighted by Crippen LogP contribution is -2.47. The molecule has 188 valence electrons. The summed E-state index contributed by atoms with van der Waals surface area (Å²) in [5.74, 6) is -4.69. The third-order valence-electron chi connectivity index (χ3n) is 6.25. The number of hydrogen-bond acceptors (Lipinski definition) is 5. The molecule has 6 nitrogen and oxygen atoms in total. The van der Waals surface area contributed by atoms with Gasteiger partial charge >= 0.3 is 6.18 Å². The van der Waals surface area contributed by atoms with Gasteiger partial charge in [-0.2, -0.15) is 18.3 Å². The average molecular weight is 504 g/mol. The van der Waals surface area contributed by atoms with Gasteiger partial charge in [-0.3, -0.25) is 0 Å². The highest BCUT2D eigenvalue weighted by Gasteiger charge is 2.38. The third-order valence-corrected chi connectivity index (χ3v) is 6.25. The number of nitrogens with zero attached hydrogens (tertiary/aromatic N) is 4. The first-order valence-corrected chi connectivity index (χ1v) is 11.2. The first kappa shape index (κ1) is 24.0. The first-order valence-electron chi connectivity index (χ1n) is 11.2. The number of morpholine rings is 1. The summed E-state index contributed by atoms with van der Waals surface area (Å²) < 4.78 is 75.6. The van der Waals surface area contributed by atoms with E-state index in [4.69, 9.17) is 4.74 Å². The zero-order valence-electron chi connectivity index (χ0n) is 19.1. The number of rotatable bonds is 4. The van der Waals surface area contributed by atoms with E-state index >= 15 is 0 Å². The number of aryl methyl sites for hydroxylation is 1. The Hall–Kier alpha value is -3.73. The smallest absolute Gasteiger partial charge is 0.419 e. The minimum absolute atomic E-state index is 0.000341. The maximum absolute atomic E-state index is 14.7. The highest BCUT2D eigenvalue weighted by Crippen LogP contribution is 2.41. The summed E-state index contributed by atoms with van der Waals surface area (Å²) in [5.41, 5.74) is -1.21. The molecule has 36 heavy (non-hydrogen) atoms. The van der Waals surface area contributed by atoms with Crippen molar-refractivity contribution >= 4 is 16.9 Å². The number of benzene rings is 2. The molecule has 11 heteroatoms. The van der Waals surface area contributed by atoms with Crippen LogP contribution in [-0.2, 0) is 24.4 Å². The molecule has 0 unspecified atom stereocenters. The highest BCUT2D eigenvalue weighted by atomic mass is 19.4. The molecule has 1 N–H and O–H groups in total. The number of phenols is 1. The first-order chi connectivity index (χ1) is 17.1. The fourth-order valence-corrected chi connectivity index (χ4v) is 4.49. The van der Waals surface area contributed by atoms with Gasteiger partial charge in [0.25, 0.3) is 0 Å². The number of halogens is 5. The van der Waals surface area contributed by atoms with Crippen molar-refractivity contribution < 1.29 is 31.8 Å². The van der Waals surface area contributed by atoms with Crippen LogP contribution >= 0.6 is 0 Å². The second-order valence-corrected chi connectivity index (χ2v) is 8.57. The van der Waals surface area contributed by atoms with Crippen LogP contribution in [0.2, 0.25) is 0 Å². The van der Waals surface area contributed by atoms with Gasteiger partial charge in [-0.15, -0.1) is 0 Å². The maximum atomic E-state index is 14.7. The molecule has 1 aliphatic rings. The predicted octanol–water partition coefficient (Wildman–Crippen LogP) is 5.09. The SMILES string of the molecule is Cn1nc(-c2cc(C(F)(F)F)c(F)c(O)c2F)c2ccc(N3CCOC[C@H]3Cc3ccccc3)nc21. The molecular weight excluding hydrogens is 483 g/mol. The van der Waals surface area contributed by atoms with Crippen molar-refractivity contribution in [2.24, 2.45) is 7.05 Å². The summed E-state index contributed by atoms with van der Waals surface area (Å²) in [4.78, 5) is 6.76. The molecule has 0 spiro atoms. The van der Waals surface area contributed by atoms with Crippen LogP contribution in [0.4, 0.5) is 27.8 Å². The van der Waals surface area contributed by atoms with E-state index in [-0.39, 0.29) is 17.1 Å². The standard InChI is InChI=1S/C25H21F5N4O2/c1-33-24-16(22(32-33)17-12-18(25(28,29)30)21(27)23(35)20(17)26)7-8-19(31-24)34-9-10-36-13-15(34)11-14-5-3-2-4-6-14/h2-8,12,15,35H,9-11,13H2,1H3/t15-/m1/s1. The molecule has 1 fully saturated rings. The number of alkyl halides is 3. The molecule has 0 aliphatic carbocycles. The van der Waals surface area contributed by atoms with Gasteiger partial charge in [0.1, 0.15) is 11.5 Å². The lowest BCUT2D eigenvalue weighted by molar-refractivity contribution is -0.140. The van der Waals surface area contributed by atoms with Crippen molar-refractivity contribution in [1.29, 1.82) is 0 Å². The zero-order chi connectivity index (χ0) is 25.6. The average Bonchev–Trinajstić information content (AvgIpc) is 3.18. The Morgan fingerprint density at radius 3 is 2.56 bits per heavy atom. The Kier molecular flexibility index (Phi) is 6.03. The molecule has 3 heterocycles. The third kappa shape index (κ3) is 4.23. The molecule has 0 saturated carbocycles. The van der Waals surface area contributed by atoms with Crippen LogP contribution in [0.5, 0.6) is 5.75 Å². The molecule has 0 bridgehead atoms. The highest BCUT2D eigenvalue weighted by molar-refractivity contribution is 5.92. The number of ether oxygens (including phenoxy) is 1. The van der Waals surface area contributed by atoms with E-state index in [0.717, 1.165) is 12.0 Å². The molecule has 2 aromatic heterocycles. The summed E-state index contributed by atoms with van der Waals surface area (Å²) >= 11 is 0. The minimum atomic E-state index is -5.13. The Balaban J connectivity index is 1.56. The molecule has 5 rings (SSSR count). The van der Waals surface area contributed by atoms with Gasteiger partial charge in [0.15, 0.2) is 23.0 Å². The number of aromatic nitrogens is 3. The van der Waals surface area contributed by atoms with Crippen LogP contribution in [0, 0.1) is 11.6 Å². The van der Waals surface area contributed by atoms with E-state index in [9.17, 15) is 27.1 Å². The van der Waals surface area contributed by atoms with Gasteiger partial charge in [0, 0.05) is 24.5 Å². The van der Waals surface area contributed by atoms with Crippen molar-refractivity contribution in [3.05, 3.63) is 71.3 Å². The molecule has 2 aromatic carbocycles. The number of fused-ring (bicyclic) bond motifs is 1. The predicted molar refractivity (Wildman–Crippen MR) is 123 cm³/mol. The molecule has 0 radical (unpaired) electrons. The van der Waals surface area contributed by atoms with E-state index < -0.39 is 34.7 Å². The summed E-state index contributed by atoms with van der Waals surface area (Å²) in [6.45, 7) is 1.57. The second-order valence-electron chi connectivity index (χ2n) is 8.57. The van der Waals surface area contributed by atoms with Crippen LogP contribution in [0.15, 0.2) is 48.5 Å². The van der Waals surface area contributed by atoms with Gasteiger partial charge in [-0.05, 0) is 30.2 Å². The topological polar surface area (TPSA) is 63.4 Å².